The van der Waals surface area contributed by atoms with Gasteiger partial charge < -0.3 is 20.3 Å². The molecule has 2 atom stereocenters. The molecule has 0 aromatic heterocycles. The van der Waals surface area contributed by atoms with Crippen molar-refractivity contribution in [2.75, 3.05) is 30.8 Å². The third-order valence-electron chi connectivity index (χ3n) is 4.76. The second kappa shape index (κ2) is 5.59. The molecule has 2 aliphatic rings. The maximum atomic E-state index is 12.4. The summed E-state index contributed by atoms with van der Waals surface area (Å²) in [5.41, 5.74) is 8.68. The van der Waals surface area contributed by atoms with Crippen LogP contribution in [-0.4, -0.2) is 42.8 Å². The molecular weight excluding hydrogens is 304 g/mol. The fourth-order valence-corrected chi connectivity index (χ4v) is 3.81. The zero-order valence-corrected chi connectivity index (χ0v) is 14.7. The summed E-state index contributed by atoms with van der Waals surface area (Å²) in [4.78, 5) is 16.3. The van der Waals surface area contributed by atoms with Crippen molar-refractivity contribution in [3.05, 3.63) is 23.3 Å². The van der Waals surface area contributed by atoms with E-state index in [9.17, 15) is 10.1 Å². The smallest absolute Gasteiger partial charge is 0.410 e. The van der Waals surface area contributed by atoms with Gasteiger partial charge in [-0.1, -0.05) is 0 Å². The van der Waals surface area contributed by atoms with Crippen LogP contribution in [0.25, 0.3) is 0 Å². The summed E-state index contributed by atoms with van der Waals surface area (Å²) >= 11 is 0. The first-order valence-corrected chi connectivity index (χ1v) is 8.25. The molecule has 0 spiro atoms. The minimum atomic E-state index is -0.503. The maximum absolute atomic E-state index is 12.4. The van der Waals surface area contributed by atoms with E-state index >= 15 is 0 Å². The standard InChI is InChI=1S/C18H24N4O2/c1-18(2,3)24-17(23)22-6-5-15-14(10-22)13-8-12(20)7-11(9-19)16(13)21(15)4/h7-8,14-15H,5-6,10,20H2,1-4H3/t14?,15-/m0/s1. The number of fused-ring (bicyclic) bond motifs is 3. The summed E-state index contributed by atoms with van der Waals surface area (Å²) in [6, 6.07) is 6.19. The van der Waals surface area contributed by atoms with Gasteiger partial charge in [0.1, 0.15) is 11.7 Å². The Morgan fingerprint density at radius 1 is 1.42 bits per heavy atom. The van der Waals surface area contributed by atoms with Crippen molar-refractivity contribution >= 4 is 17.5 Å². The molecule has 3 rings (SSSR count). The molecule has 0 saturated carbocycles. The lowest BCUT2D eigenvalue weighted by atomic mass is 9.88. The second-order valence-corrected chi connectivity index (χ2v) is 7.62. The Hall–Kier alpha value is -2.42. The number of nitrogens with two attached hydrogens (primary N) is 1. The Kier molecular flexibility index (Phi) is 3.83. The van der Waals surface area contributed by atoms with E-state index in [1.165, 1.54) is 0 Å². The summed E-state index contributed by atoms with van der Waals surface area (Å²) < 4.78 is 5.51. The van der Waals surface area contributed by atoms with E-state index in [1.54, 1.807) is 11.0 Å². The van der Waals surface area contributed by atoms with Gasteiger partial charge in [0.25, 0.3) is 0 Å². The van der Waals surface area contributed by atoms with Gasteiger partial charge in [-0.05, 0) is 44.9 Å². The Bertz CT molecular complexity index is 717. The van der Waals surface area contributed by atoms with Crippen LogP contribution >= 0.6 is 0 Å². The Balaban J connectivity index is 1.90. The molecule has 2 N–H and O–H groups in total. The molecule has 1 unspecified atom stereocenters. The number of piperidine rings is 1. The summed E-state index contributed by atoms with van der Waals surface area (Å²) in [7, 11) is 2.02. The molecule has 6 heteroatoms. The number of hydrogen-bond acceptors (Lipinski definition) is 5. The number of likely N-dealkylation sites (N-methyl/N-ethyl adjacent to an activating group) is 1. The van der Waals surface area contributed by atoms with Gasteiger partial charge >= 0.3 is 6.09 Å². The first-order chi connectivity index (χ1) is 11.2. The van der Waals surface area contributed by atoms with Gasteiger partial charge in [-0.15, -0.1) is 0 Å². The fraction of sp³-hybridized carbons (Fsp3) is 0.556. The van der Waals surface area contributed by atoms with E-state index in [-0.39, 0.29) is 18.1 Å². The lowest BCUT2D eigenvalue weighted by Gasteiger charge is -2.38. The number of benzene rings is 1. The highest BCUT2D eigenvalue weighted by Gasteiger charge is 2.43. The average Bonchev–Trinajstić information content (AvgIpc) is 2.77. The number of rotatable bonds is 0. The zero-order chi connectivity index (χ0) is 17.6. The van der Waals surface area contributed by atoms with Crippen LogP contribution in [0.15, 0.2) is 12.1 Å². The Morgan fingerprint density at radius 3 is 2.75 bits per heavy atom. The van der Waals surface area contributed by atoms with Crippen LogP contribution in [0.2, 0.25) is 0 Å². The molecule has 1 aromatic carbocycles. The summed E-state index contributed by atoms with van der Waals surface area (Å²) in [5.74, 6) is 0.155. The Labute approximate surface area is 142 Å². The van der Waals surface area contributed by atoms with Crippen molar-refractivity contribution in [2.24, 2.45) is 0 Å². The average molecular weight is 328 g/mol. The van der Waals surface area contributed by atoms with Crippen molar-refractivity contribution in [3.63, 3.8) is 0 Å². The van der Waals surface area contributed by atoms with Crippen LogP contribution in [0, 0.1) is 11.3 Å². The van der Waals surface area contributed by atoms with E-state index in [2.05, 4.69) is 11.0 Å². The van der Waals surface area contributed by atoms with Gasteiger partial charge in [-0.3, -0.25) is 0 Å². The number of amides is 1. The fourth-order valence-electron chi connectivity index (χ4n) is 3.81. The van der Waals surface area contributed by atoms with Crippen molar-refractivity contribution < 1.29 is 9.53 Å². The topological polar surface area (TPSA) is 82.6 Å². The number of nitrogen functional groups attached to an aromatic ring is 1. The van der Waals surface area contributed by atoms with E-state index in [0.29, 0.717) is 24.3 Å². The Morgan fingerprint density at radius 2 is 2.12 bits per heavy atom. The molecule has 2 heterocycles. The van der Waals surface area contributed by atoms with Gasteiger partial charge in [-0.25, -0.2) is 4.79 Å². The zero-order valence-electron chi connectivity index (χ0n) is 14.7. The largest absolute Gasteiger partial charge is 0.444 e. The summed E-state index contributed by atoms with van der Waals surface area (Å²) in [6.07, 6.45) is 0.571. The van der Waals surface area contributed by atoms with Crippen molar-refractivity contribution in [1.29, 1.82) is 5.26 Å². The molecule has 0 bridgehead atoms. The number of carbonyl (C=O) groups excluding carboxylic acids is 1. The van der Waals surface area contributed by atoms with E-state index in [1.807, 2.05) is 33.9 Å². The van der Waals surface area contributed by atoms with E-state index in [4.69, 9.17) is 10.5 Å². The van der Waals surface area contributed by atoms with Gasteiger partial charge in [0.2, 0.25) is 0 Å². The summed E-state index contributed by atoms with van der Waals surface area (Å²) in [6.45, 7) is 6.86. The third kappa shape index (κ3) is 2.75. The number of carbonyl (C=O) groups is 1. The van der Waals surface area contributed by atoms with Crippen molar-refractivity contribution in [2.45, 2.75) is 44.8 Å². The molecule has 2 aliphatic heterocycles. The van der Waals surface area contributed by atoms with Gasteiger partial charge in [0, 0.05) is 37.8 Å². The van der Waals surface area contributed by atoms with Crippen molar-refractivity contribution in [3.8, 4) is 6.07 Å². The number of nitriles is 1. The number of anilines is 2. The number of hydrogen-bond donors (Lipinski definition) is 1. The summed E-state index contributed by atoms with van der Waals surface area (Å²) in [5, 5.41) is 9.43. The van der Waals surface area contributed by atoms with Crippen LogP contribution in [0.3, 0.4) is 0 Å². The van der Waals surface area contributed by atoms with Crippen LogP contribution in [0.1, 0.15) is 44.2 Å². The monoisotopic (exact) mass is 328 g/mol. The molecule has 6 nitrogen and oxygen atoms in total. The molecule has 24 heavy (non-hydrogen) atoms. The predicted octanol–water partition coefficient (Wildman–Crippen LogP) is 2.68. The van der Waals surface area contributed by atoms with E-state index in [0.717, 1.165) is 17.7 Å². The third-order valence-corrected chi connectivity index (χ3v) is 4.76. The maximum Gasteiger partial charge on any atom is 0.410 e. The molecule has 1 saturated heterocycles. The lowest BCUT2D eigenvalue weighted by molar-refractivity contribution is 0.0190. The highest BCUT2D eigenvalue weighted by Crippen LogP contribution is 2.46. The molecule has 0 radical (unpaired) electrons. The molecule has 1 fully saturated rings. The first kappa shape index (κ1) is 16.4. The minimum absolute atomic E-state index is 0.155. The van der Waals surface area contributed by atoms with Gasteiger partial charge in [0.05, 0.1) is 11.3 Å². The molecule has 1 amide bonds. The second-order valence-electron chi connectivity index (χ2n) is 7.62. The van der Waals surface area contributed by atoms with Crippen LogP contribution in [-0.2, 0) is 4.74 Å². The number of likely N-dealkylation sites (tertiary alicyclic amines) is 1. The number of nitrogens with zero attached hydrogens (tertiary/aromatic N) is 3. The molecular formula is C18H24N4O2. The molecule has 1 aromatic rings. The highest BCUT2D eigenvalue weighted by molar-refractivity contribution is 5.75. The minimum Gasteiger partial charge on any atom is -0.444 e. The quantitative estimate of drug-likeness (QED) is 0.740. The highest BCUT2D eigenvalue weighted by atomic mass is 16.6. The first-order valence-electron chi connectivity index (χ1n) is 8.25. The lowest BCUT2D eigenvalue weighted by Crippen LogP contribution is -2.48. The normalized spacial score (nSPS) is 22.6. The SMILES string of the molecule is CN1c2c(C#N)cc(N)cc2C2CN(C(=O)OC(C)(C)C)CC[C@@H]21. The van der Waals surface area contributed by atoms with Gasteiger partial charge in [0.15, 0.2) is 0 Å². The van der Waals surface area contributed by atoms with Crippen LogP contribution in [0.5, 0.6) is 0 Å². The number of ether oxygens (including phenoxy) is 1. The van der Waals surface area contributed by atoms with Crippen molar-refractivity contribution in [1.82, 2.24) is 4.90 Å². The van der Waals surface area contributed by atoms with Crippen LogP contribution in [0.4, 0.5) is 16.2 Å². The van der Waals surface area contributed by atoms with Crippen LogP contribution < -0.4 is 10.6 Å². The molecule has 128 valence electrons. The van der Waals surface area contributed by atoms with E-state index < -0.39 is 5.60 Å². The molecule has 0 aliphatic carbocycles. The predicted molar refractivity (Wildman–Crippen MR) is 92.9 cm³/mol. The van der Waals surface area contributed by atoms with Gasteiger partial charge in [-0.2, -0.15) is 5.26 Å².